The number of amides is 1. The fourth-order valence-corrected chi connectivity index (χ4v) is 0.986. The van der Waals surface area contributed by atoms with Crippen LogP contribution in [0.25, 0.3) is 0 Å². The second-order valence-corrected chi connectivity index (χ2v) is 3.12. The predicted molar refractivity (Wildman–Crippen MR) is 58.0 cm³/mol. The lowest BCUT2D eigenvalue weighted by Crippen LogP contribution is -2.13. The van der Waals surface area contributed by atoms with E-state index in [4.69, 9.17) is 22.6 Å². The molecule has 0 spiro atoms. The van der Waals surface area contributed by atoms with Crippen LogP contribution in [-0.4, -0.2) is 5.91 Å². The molecule has 0 atom stereocenters. The number of halogens is 1. The maximum absolute atomic E-state index is 10.7. The van der Waals surface area contributed by atoms with Crippen LogP contribution in [0.4, 0.5) is 5.69 Å². The summed E-state index contributed by atoms with van der Waals surface area (Å²) in [5.74, 6) is -0.765. The Labute approximate surface area is 91.9 Å². The number of hydrogen-bond donors (Lipinski definition) is 2. The van der Waals surface area contributed by atoms with Gasteiger partial charge in [0.25, 0.3) is 5.91 Å². The van der Waals surface area contributed by atoms with Gasteiger partial charge in [-0.1, -0.05) is 11.6 Å². The Morgan fingerprint density at radius 3 is 2.53 bits per heavy atom. The molecule has 0 bridgehead atoms. The van der Waals surface area contributed by atoms with Crippen LogP contribution in [0.3, 0.4) is 0 Å². The molecule has 3 N–H and O–H groups in total. The van der Waals surface area contributed by atoms with Crippen LogP contribution in [0.5, 0.6) is 0 Å². The van der Waals surface area contributed by atoms with Crippen LogP contribution in [0.15, 0.2) is 36.0 Å². The van der Waals surface area contributed by atoms with Crippen molar-refractivity contribution >= 4 is 23.2 Å². The average Bonchev–Trinajstić information content (AvgIpc) is 2.21. The summed E-state index contributed by atoms with van der Waals surface area (Å²) in [6, 6.07) is 8.49. The van der Waals surface area contributed by atoms with Crippen molar-refractivity contribution in [1.29, 1.82) is 5.26 Å². The Morgan fingerprint density at radius 2 is 2.07 bits per heavy atom. The fraction of sp³-hybridized carbons (Fsp3) is 0. The molecule has 1 amide bonds. The van der Waals surface area contributed by atoms with Crippen LogP contribution in [0.1, 0.15) is 0 Å². The van der Waals surface area contributed by atoms with Gasteiger partial charge in [0.2, 0.25) is 0 Å². The Morgan fingerprint density at radius 1 is 1.47 bits per heavy atom. The summed E-state index contributed by atoms with van der Waals surface area (Å²) in [4.78, 5) is 10.7. The number of hydrogen-bond acceptors (Lipinski definition) is 3. The van der Waals surface area contributed by atoms with Crippen LogP contribution in [0, 0.1) is 11.3 Å². The third kappa shape index (κ3) is 3.33. The number of primary amides is 1. The Bertz CT molecular complexity index is 431. The molecular formula is C10H8ClN3O. The number of benzene rings is 1. The Kier molecular flexibility index (Phi) is 3.72. The molecule has 76 valence electrons. The summed E-state index contributed by atoms with van der Waals surface area (Å²) in [7, 11) is 0. The SMILES string of the molecule is N#CC(=CNc1ccc(Cl)cc1)C(N)=O. The largest absolute Gasteiger partial charge is 0.365 e. The van der Waals surface area contributed by atoms with E-state index in [2.05, 4.69) is 5.32 Å². The minimum atomic E-state index is -0.765. The molecule has 0 saturated carbocycles. The highest BCUT2D eigenvalue weighted by Gasteiger charge is 2.01. The number of nitrogens with one attached hydrogen (secondary N) is 1. The van der Waals surface area contributed by atoms with E-state index in [9.17, 15) is 4.79 Å². The van der Waals surface area contributed by atoms with Gasteiger partial charge in [-0.05, 0) is 24.3 Å². The van der Waals surface area contributed by atoms with Crippen molar-refractivity contribution in [3.05, 3.63) is 41.1 Å². The van der Waals surface area contributed by atoms with Gasteiger partial charge >= 0.3 is 0 Å². The molecule has 1 rings (SSSR count). The first kappa shape index (κ1) is 11.1. The van der Waals surface area contributed by atoms with Gasteiger partial charge < -0.3 is 11.1 Å². The fourth-order valence-electron chi connectivity index (χ4n) is 0.860. The molecule has 0 aliphatic carbocycles. The molecular weight excluding hydrogens is 214 g/mol. The van der Waals surface area contributed by atoms with Gasteiger partial charge in [0.1, 0.15) is 11.6 Å². The van der Waals surface area contributed by atoms with E-state index in [1.807, 2.05) is 0 Å². The van der Waals surface area contributed by atoms with Gasteiger partial charge in [0.15, 0.2) is 0 Å². The Hall–Kier alpha value is -1.99. The van der Waals surface area contributed by atoms with E-state index in [0.717, 1.165) is 0 Å². The molecule has 1 aromatic rings. The zero-order valence-electron chi connectivity index (χ0n) is 7.70. The summed E-state index contributed by atoms with van der Waals surface area (Å²) in [5.41, 5.74) is 5.53. The molecule has 0 saturated heterocycles. The lowest BCUT2D eigenvalue weighted by Gasteiger charge is -2.00. The molecule has 0 heterocycles. The molecule has 5 heteroatoms. The van der Waals surface area contributed by atoms with E-state index in [1.165, 1.54) is 6.20 Å². The van der Waals surface area contributed by atoms with E-state index in [1.54, 1.807) is 30.3 Å². The molecule has 0 fully saturated rings. The number of rotatable bonds is 3. The maximum atomic E-state index is 10.7. The highest BCUT2D eigenvalue weighted by Crippen LogP contribution is 2.13. The van der Waals surface area contributed by atoms with Gasteiger partial charge in [-0.25, -0.2) is 0 Å². The highest BCUT2D eigenvalue weighted by molar-refractivity contribution is 6.30. The minimum Gasteiger partial charge on any atom is -0.365 e. The van der Waals surface area contributed by atoms with Crippen LogP contribution in [-0.2, 0) is 4.79 Å². The van der Waals surface area contributed by atoms with Crippen molar-refractivity contribution in [2.45, 2.75) is 0 Å². The zero-order valence-corrected chi connectivity index (χ0v) is 8.45. The molecule has 0 aliphatic heterocycles. The summed E-state index contributed by atoms with van der Waals surface area (Å²) >= 11 is 5.68. The molecule has 0 aliphatic rings. The lowest BCUT2D eigenvalue weighted by atomic mass is 10.3. The maximum Gasteiger partial charge on any atom is 0.260 e. The van der Waals surface area contributed by atoms with E-state index in [0.29, 0.717) is 10.7 Å². The van der Waals surface area contributed by atoms with Gasteiger partial charge in [-0.2, -0.15) is 5.26 Å². The second kappa shape index (κ2) is 5.03. The normalized spacial score (nSPS) is 10.5. The van der Waals surface area contributed by atoms with E-state index >= 15 is 0 Å². The molecule has 0 aromatic heterocycles. The molecule has 1 aromatic carbocycles. The van der Waals surface area contributed by atoms with Crippen molar-refractivity contribution in [2.24, 2.45) is 5.73 Å². The molecule has 15 heavy (non-hydrogen) atoms. The zero-order chi connectivity index (χ0) is 11.3. The predicted octanol–water partition coefficient (Wildman–Crippen LogP) is 1.64. The minimum absolute atomic E-state index is 0.134. The third-order valence-corrected chi connectivity index (χ3v) is 1.87. The van der Waals surface area contributed by atoms with Crippen molar-refractivity contribution in [1.82, 2.24) is 0 Å². The number of carbonyl (C=O) groups excluding carboxylic acids is 1. The van der Waals surface area contributed by atoms with Crippen LogP contribution < -0.4 is 11.1 Å². The summed E-state index contributed by atoms with van der Waals surface area (Å²) < 4.78 is 0. The molecule has 0 radical (unpaired) electrons. The summed E-state index contributed by atoms with van der Waals surface area (Å²) in [6.45, 7) is 0. The third-order valence-electron chi connectivity index (χ3n) is 1.61. The smallest absolute Gasteiger partial charge is 0.260 e. The van der Waals surface area contributed by atoms with Gasteiger partial charge in [0.05, 0.1) is 0 Å². The number of carbonyl (C=O) groups is 1. The number of nitrogens with zero attached hydrogens (tertiary/aromatic N) is 1. The number of anilines is 1. The van der Waals surface area contributed by atoms with Crippen LogP contribution >= 0.6 is 11.6 Å². The van der Waals surface area contributed by atoms with Crippen LogP contribution in [0.2, 0.25) is 5.02 Å². The Balaban J connectivity index is 2.76. The molecule has 0 unspecified atom stereocenters. The highest BCUT2D eigenvalue weighted by atomic mass is 35.5. The van der Waals surface area contributed by atoms with Crippen molar-refractivity contribution in [3.8, 4) is 6.07 Å². The average molecular weight is 222 g/mol. The van der Waals surface area contributed by atoms with Crippen molar-refractivity contribution < 1.29 is 4.79 Å². The lowest BCUT2D eigenvalue weighted by molar-refractivity contribution is -0.114. The first-order valence-corrected chi connectivity index (χ1v) is 4.43. The first-order valence-electron chi connectivity index (χ1n) is 4.05. The first-order chi connectivity index (χ1) is 7.13. The van der Waals surface area contributed by atoms with Gasteiger partial charge in [-0.3, -0.25) is 4.79 Å². The van der Waals surface area contributed by atoms with Crippen molar-refractivity contribution in [2.75, 3.05) is 5.32 Å². The number of nitriles is 1. The van der Waals surface area contributed by atoms with E-state index in [-0.39, 0.29) is 5.57 Å². The van der Waals surface area contributed by atoms with Crippen molar-refractivity contribution in [3.63, 3.8) is 0 Å². The monoisotopic (exact) mass is 221 g/mol. The number of nitrogens with two attached hydrogens (primary N) is 1. The quantitative estimate of drug-likeness (QED) is 0.602. The topological polar surface area (TPSA) is 78.9 Å². The van der Waals surface area contributed by atoms with E-state index < -0.39 is 5.91 Å². The van der Waals surface area contributed by atoms with Gasteiger partial charge in [-0.15, -0.1) is 0 Å². The second-order valence-electron chi connectivity index (χ2n) is 2.69. The van der Waals surface area contributed by atoms with Gasteiger partial charge in [0, 0.05) is 16.9 Å². The molecule has 4 nitrogen and oxygen atoms in total. The standard InChI is InChI=1S/C10H8ClN3O/c11-8-1-3-9(4-2-8)14-6-7(5-12)10(13)15/h1-4,6,14H,(H2,13,15). The summed E-state index contributed by atoms with van der Waals surface area (Å²) in [5, 5.41) is 11.9. The summed E-state index contributed by atoms with van der Waals surface area (Å²) in [6.07, 6.45) is 1.26.